The third kappa shape index (κ3) is 4.49. The summed E-state index contributed by atoms with van der Waals surface area (Å²) >= 11 is 5.77. The van der Waals surface area contributed by atoms with E-state index in [1.54, 1.807) is 0 Å². The Morgan fingerprint density at radius 2 is 2.10 bits per heavy atom. The minimum Gasteiger partial charge on any atom is -0.258 e. The first kappa shape index (κ1) is 16.4. The van der Waals surface area contributed by atoms with Crippen molar-refractivity contribution < 1.29 is 13.3 Å². The standard InChI is InChI=1S/C12H13ClN2O4S/c1-2-3-4-5-8-14-20(18,19)12-7-6-10(15(16)17)9-11(12)13/h1,6-7,9,14H,3-5,8H2. The number of nitrogens with one attached hydrogen (secondary N) is 1. The van der Waals surface area contributed by atoms with Crippen molar-refractivity contribution in [2.75, 3.05) is 6.54 Å². The van der Waals surface area contributed by atoms with Gasteiger partial charge in [0.25, 0.3) is 5.69 Å². The average Bonchev–Trinajstić information content (AvgIpc) is 2.37. The highest BCUT2D eigenvalue weighted by molar-refractivity contribution is 7.89. The number of nitrogens with zero attached hydrogens (tertiary/aromatic N) is 1. The summed E-state index contributed by atoms with van der Waals surface area (Å²) in [7, 11) is -3.78. The maximum atomic E-state index is 12.0. The molecule has 1 aromatic rings. The molecule has 0 saturated carbocycles. The van der Waals surface area contributed by atoms with Gasteiger partial charge in [0.05, 0.1) is 9.95 Å². The summed E-state index contributed by atoms with van der Waals surface area (Å²) in [5.41, 5.74) is -0.261. The quantitative estimate of drug-likeness (QED) is 0.362. The molecule has 6 nitrogen and oxygen atoms in total. The van der Waals surface area contributed by atoms with Crippen LogP contribution in [0.3, 0.4) is 0 Å². The smallest absolute Gasteiger partial charge is 0.258 e. The van der Waals surface area contributed by atoms with E-state index >= 15 is 0 Å². The molecule has 0 aromatic heterocycles. The SMILES string of the molecule is C#CCCCCNS(=O)(=O)c1ccc([N+](=O)[O-])cc1Cl. The molecule has 0 aliphatic heterocycles. The second-order valence-corrected chi connectivity index (χ2v) is 6.07. The molecule has 0 atom stereocenters. The Labute approximate surface area is 122 Å². The molecule has 0 heterocycles. The van der Waals surface area contributed by atoms with Crippen molar-refractivity contribution in [3.8, 4) is 12.3 Å². The molecule has 0 spiro atoms. The number of nitro benzene ring substituents is 1. The fourth-order valence-corrected chi connectivity index (χ4v) is 3.07. The number of non-ortho nitro benzene ring substituents is 1. The molecular weight excluding hydrogens is 304 g/mol. The lowest BCUT2D eigenvalue weighted by Gasteiger charge is -2.07. The number of halogens is 1. The predicted molar refractivity (Wildman–Crippen MR) is 76.0 cm³/mol. The lowest BCUT2D eigenvalue weighted by molar-refractivity contribution is -0.384. The molecule has 8 heteroatoms. The van der Waals surface area contributed by atoms with Gasteiger partial charge in [0.15, 0.2) is 0 Å². The van der Waals surface area contributed by atoms with Gasteiger partial charge in [-0.3, -0.25) is 10.1 Å². The van der Waals surface area contributed by atoms with Gasteiger partial charge in [-0.2, -0.15) is 0 Å². The van der Waals surface area contributed by atoms with Gasteiger partial charge in [0, 0.05) is 25.1 Å². The summed E-state index contributed by atoms with van der Waals surface area (Å²) in [5.74, 6) is 2.46. The van der Waals surface area contributed by atoms with Crippen LogP contribution in [0.15, 0.2) is 23.1 Å². The zero-order chi connectivity index (χ0) is 15.2. The maximum Gasteiger partial charge on any atom is 0.271 e. The molecule has 0 unspecified atom stereocenters. The van der Waals surface area contributed by atoms with E-state index in [9.17, 15) is 18.5 Å². The van der Waals surface area contributed by atoms with Crippen LogP contribution >= 0.6 is 11.6 Å². The van der Waals surface area contributed by atoms with Crippen molar-refractivity contribution in [2.24, 2.45) is 0 Å². The largest absolute Gasteiger partial charge is 0.271 e. The molecular formula is C12H13ClN2O4S. The van der Waals surface area contributed by atoms with Crippen LogP contribution in [0, 0.1) is 22.5 Å². The Kier molecular flexibility index (Phi) is 5.95. The van der Waals surface area contributed by atoms with Crippen LogP contribution in [0.2, 0.25) is 5.02 Å². The monoisotopic (exact) mass is 316 g/mol. The van der Waals surface area contributed by atoms with Crippen LogP contribution in [0.5, 0.6) is 0 Å². The lowest BCUT2D eigenvalue weighted by Crippen LogP contribution is -2.25. The summed E-state index contributed by atoms with van der Waals surface area (Å²) in [6.07, 6.45) is 6.99. The fourth-order valence-electron chi connectivity index (χ4n) is 1.46. The Bertz CT molecular complexity index is 637. The molecule has 108 valence electrons. The minimum atomic E-state index is -3.78. The molecule has 0 radical (unpaired) electrons. The molecule has 0 saturated heterocycles. The third-order valence-electron chi connectivity index (χ3n) is 2.46. The molecule has 1 aromatic carbocycles. The lowest BCUT2D eigenvalue weighted by atomic mass is 10.2. The van der Waals surface area contributed by atoms with Gasteiger partial charge in [0.1, 0.15) is 4.90 Å². The fraction of sp³-hybridized carbons (Fsp3) is 0.333. The number of benzene rings is 1. The van der Waals surface area contributed by atoms with Gasteiger partial charge in [-0.15, -0.1) is 12.3 Å². The van der Waals surface area contributed by atoms with E-state index in [0.29, 0.717) is 19.3 Å². The number of hydrogen-bond donors (Lipinski definition) is 1. The van der Waals surface area contributed by atoms with Gasteiger partial charge in [-0.25, -0.2) is 13.1 Å². The Morgan fingerprint density at radius 1 is 1.40 bits per heavy atom. The third-order valence-corrected chi connectivity index (χ3v) is 4.40. The highest BCUT2D eigenvalue weighted by Crippen LogP contribution is 2.25. The highest BCUT2D eigenvalue weighted by atomic mass is 35.5. The van der Waals surface area contributed by atoms with E-state index in [2.05, 4.69) is 10.6 Å². The molecule has 0 amide bonds. The normalized spacial score (nSPS) is 11.0. The van der Waals surface area contributed by atoms with Crippen LogP contribution in [0.1, 0.15) is 19.3 Å². The topological polar surface area (TPSA) is 89.3 Å². The van der Waals surface area contributed by atoms with E-state index in [4.69, 9.17) is 18.0 Å². The summed E-state index contributed by atoms with van der Waals surface area (Å²) in [6, 6.07) is 3.22. The van der Waals surface area contributed by atoms with E-state index in [1.807, 2.05) is 0 Å². The van der Waals surface area contributed by atoms with Crippen molar-refractivity contribution in [2.45, 2.75) is 24.2 Å². The van der Waals surface area contributed by atoms with Gasteiger partial charge in [0.2, 0.25) is 10.0 Å². The Hall–Kier alpha value is -1.62. The molecule has 20 heavy (non-hydrogen) atoms. The van der Waals surface area contributed by atoms with Crippen molar-refractivity contribution in [3.63, 3.8) is 0 Å². The number of unbranched alkanes of at least 4 members (excludes halogenated alkanes) is 2. The summed E-state index contributed by atoms with van der Waals surface area (Å²) in [5, 5.41) is 10.4. The van der Waals surface area contributed by atoms with Crippen molar-refractivity contribution in [3.05, 3.63) is 33.3 Å². The number of nitro groups is 1. The molecule has 1 rings (SSSR count). The summed E-state index contributed by atoms with van der Waals surface area (Å²) < 4.78 is 26.3. The molecule has 0 bridgehead atoms. The number of rotatable bonds is 7. The first-order valence-corrected chi connectivity index (χ1v) is 7.61. The maximum absolute atomic E-state index is 12.0. The van der Waals surface area contributed by atoms with Crippen molar-refractivity contribution in [1.29, 1.82) is 0 Å². The van der Waals surface area contributed by atoms with Crippen molar-refractivity contribution in [1.82, 2.24) is 4.72 Å². The first-order chi connectivity index (χ1) is 9.38. The summed E-state index contributed by atoms with van der Waals surface area (Å²) in [4.78, 5) is 9.73. The highest BCUT2D eigenvalue weighted by Gasteiger charge is 2.19. The second-order valence-electron chi connectivity index (χ2n) is 3.93. The van der Waals surface area contributed by atoms with Crippen molar-refractivity contribution >= 4 is 27.3 Å². The predicted octanol–water partition coefficient (Wildman–Crippen LogP) is 2.33. The minimum absolute atomic E-state index is 0.179. The van der Waals surface area contributed by atoms with Gasteiger partial charge >= 0.3 is 0 Å². The van der Waals surface area contributed by atoms with E-state index < -0.39 is 14.9 Å². The van der Waals surface area contributed by atoms with Gasteiger partial charge < -0.3 is 0 Å². The number of hydrogen-bond acceptors (Lipinski definition) is 4. The molecule has 1 N–H and O–H groups in total. The number of terminal acetylenes is 1. The van der Waals surface area contributed by atoms with Crippen LogP contribution in [-0.4, -0.2) is 19.9 Å². The average molecular weight is 317 g/mol. The van der Waals surface area contributed by atoms with E-state index in [0.717, 1.165) is 18.2 Å². The molecule has 0 fully saturated rings. The second kappa shape index (κ2) is 7.24. The van der Waals surface area contributed by atoms with E-state index in [-0.39, 0.29) is 22.2 Å². The van der Waals surface area contributed by atoms with Crippen LogP contribution < -0.4 is 4.72 Å². The molecule has 0 aliphatic rings. The van der Waals surface area contributed by atoms with Crippen LogP contribution in [0.25, 0.3) is 0 Å². The van der Waals surface area contributed by atoms with E-state index in [1.165, 1.54) is 0 Å². The first-order valence-electron chi connectivity index (χ1n) is 5.75. The van der Waals surface area contributed by atoms with Gasteiger partial charge in [-0.1, -0.05) is 11.6 Å². The zero-order valence-electron chi connectivity index (χ0n) is 10.5. The van der Waals surface area contributed by atoms with Crippen LogP contribution in [-0.2, 0) is 10.0 Å². The Balaban J connectivity index is 2.78. The number of sulfonamides is 1. The van der Waals surface area contributed by atoms with Gasteiger partial charge in [-0.05, 0) is 18.9 Å². The summed E-state index contributed by atoms with van der Waals surface area (Å²) in [6.45, 7) is 0.233. The Morgan fingerprint density at radius 3 is 2.65 bits per heavy atom. The van der Waals surface area contributed by atoms with Crippen LogP contribution in [0.4, 0.5) is 5.69 Å². The molecule has 0 aliphatic carbocycles. The zero-order valence-corrected chi connectivity index (χ0v) is 12.1.